The van der Waals surface area contributed by atoms with Gasteiger partial charge in [0.15, 0.2) is 6.29 Å². The van der Waals surface area contributed by atoms with Crippen LogP contribution in [0.25, 0.3) is 0 Å². The van der Waals surface area contributed by atoms with Crippen molar-refractivity contribution in [1.29, 1.82) is 0 Å². The topological polar surface area (TPSA) is 175 Å². The third kappa shape index (κ3) is 36.8. The lowest BCUT2D eigenvalue weighted by Crippen LogP contribution is -2.60. The number of aliphatic hydroxyl groups is 5. The average molecular weight is 964 g/mol. The number of ether oxygens (including phenoxy) is 3. The van der Waals surface area contributed by atoms with Crippen LogP contribution < -0.4 is 5.32 Å². The summed E-state index contributed by atoms with van der Waals surface area (Å²) in [6.45, 7) is 4.25. The van der Waals surface area contributed by atoms with E-state index in [-0.39, 0.29) is 18.5 Å². The third-order valence-corrected chi connectivity index (χ3v) is 13.2. The first-order chi connectivity index (χ1) is 33.2. The van der Waals surface area contributed by atoms with E-state index in [2.05, 4.69) is 43.5 Å². The molecule has 7 atom stereocenters. The lowest BCUT2D eigenvalue weighted by molar-refractivity contribution is -0.302. The van der Waals surface area contributed by atoms with Gasteiger partial charge in [0.05, 0.1) is 32.0 Å². The highest BCUT2D eigenvalue weighted by molar-refractivity contribution is 5.76. The summed E-state index contributed by atoms with van der Waals surface area (Å²) in [5, 5.41) is 54.1. The number of carbonyl (C=O) groups is 2. The van der Waals surface area contributed by atoms with E-state index >= 15 is 0 Å². The van der Waals surface area contributed by atoms with Crippen LogP contribution in [0.15, 0.2) is 36.5 Å². The van der Waals surface area contributed by atoms with Crippen LogP contribution in [-0.4, -0.2) is 100 Å². The summed E-state index contributed by atoms with van der Waals surface area (Å²) in [6, 6.07) is -0.814. The Morgan fingerprint density at radius 3 is 1.51 bits per heavy atom. The second-order valence-electron chi connectivity index (χ2n) is 19.6. The van der Waals surface area contributed by atoms with Crippen molar-refractivity contribution < 1.29 is 49.3 Å². The molecule has 0 spiro atoms. The van der Waals surface area contributed by atoms with Crippen LogP contribution in [0.5, 0.6) is 0 Å². The van der Waals surface area contributed by atoms with E-state index in [1.165, 1.54) is 141 Å². The van der Waals surface area contributed by atoms with Gasteiger partial charge in [-0.15, -0.1) is 0 Å². The van der Waals surface area contributed by atoms with E-state index in [9.17, 15) is 35.1 Å². The number of rotatable bonds is 48. The van der Waals surface area contributed by atoms with Crippen molar-refractivity contribution in [1.82, 2.24) is 5.32 Å². The summed E-state index contributed by atoms with van der Waals surface area (Å²) >= 11 is 0. The summed E-state index contributed by atoms with van der Waals surface area (Å²) in [5.41, 5.74) is 0. The summed E-state index contributed by atoms with van der Waals surface area (Å²) < 4.78 is 16.7. The molecule has 6 N–H and O–H groups in total. The Morgan fingerprint density at radius 2 is 0.985 bits per heavy atom. The number of aliphatic hydroxyl groups excluding tert-OH is 5. The molecular formula is C57H105NO10. The molecule has 1 amide bonds. The van der Waals surface area contributed by atoms with E-state index in [4.69, 9.17) is 14.2 Å². The van der Waals surface area contributed by atoms with E-state index < -0.39 is 49.5 Å². The monoisotopic (exact) mass is 964 g/mol. The van der Waals surface area contributed by atoms with Crippen molar-refractivity contribution in [3.8, 4) is 0 Å². The Bertz CT molecular complexity index is 1230. The van der Waals surface area contributed by atoms with Crippen molar-refractivity contribution in [2.75, 3.05) is 19.8 Å². The van der Waals surface area contributed by atoms with Crippen molar-refractivity contribution in [3.63, 3.8) is 0 Å². The first-order valence-corrected chi connectivity index (χ1v) is 28.3. The quantitative estimate of drug-likeness (QED) is 0.0196. The Labute approximate surface area is 415 Å². The summed E-state index contributed by atoms with van der Waals surface area (Å²) in [4.78, 5) is 25.0. The molecule has 68 heavy (non-hydrogen) atoms. The van der Waals surface area contributed by atoms with Crippen molar-refractivity contribution in [3.05, 3.63) is 36.5 Å². The minimum Gasteiger partial charge on any atom is -0.466 e. The molecular weight excluding hydrogens is 859 g/mol. The molecule has 1 fully saturated rings. The zero-order chi connectivity index (χ0) is 49.6. The lowest BCUT2D eigenvalue weighted by Gasteiger charge is -2.40. The van der Waals surface area contributed by atoms with Gasteiger partial charge in [-0.1, -0.05) is 211 Å². The van der Waals surface area contributed by atoms with E-state index in [0.717, 1.165) is 83.5 Å². The van der Waals surface area contributed by atoms with Gasteiger partial charge in [0, 0.05) is 12.8 Å². The fourth-order valence-electron chi connectivity index (χ4n) is 8.70. The molecule has 1 heterocycles. The first kappa shape index (κ1) is 63.9. The molecule has 11 heteroatoms. The first-order valence-electron chi connectivity index (χ1n) is 28.3. The number of nitrogens with one attached hydrogen (secondary N) is 1. The minimum atomic E-state index is -1.57. The molecule has 0 aliphatic carbocycles. The lowest BCUT2D eigenvalue weighted by atomic mass is 9.99. The number of allylic oxidation sites excluding steroid dienone is 5. The smallest absolute Gasteiger partial charge is 0.305 e. The standard InChI is InChI=1S/C57H105NO10/c1-3-5-7-9-11-13-14-15-18-22-25-29-33-37-41-45-53(62)66-46-42-38-34-30-26-23-20-17-16-19-21-24-28-32-36-40-44-52(61)58-49(50(60)43-39-35-31-27-12-10-8-6-4-2)48-67-57-56(65)55(64)54(63)51(47-59)68-57/h11,13,15,18,39,43,49-51,54-57,59-60,63-65H,3-10,12,14,16-17,19-38,40-42,44-48H2,1-2H3,(H,58,61)/b13-11-,18-15-,43-39+. The summed E-state index contributed by atoms with van der Waals surface area (Å²) in [5.74, 6) is -0.221. The highest BCUT2D eigenvalue weighted by atomic mass is 16.7. The van der Waals surface area contributed by atoms with Crippen LogP contribution in [0.2, 0.25) is 0 Å². The van der Waals surface area contributed by atoms with Crippen molar-refractivity contribution >= 4 is 11.9 Å². The van der Waals surface area contributed by atoms with Crippen molar-refractivity contribution in [2.24, 2.45) is 0 Å². The summed E-state index contributed by atoms with van der Waals surface area (Å²) in [7, 11) is 0. The van der Waals surface area contributed by atoms with Crippen LogP contribution in [-0.2, 0) is 23.8 Å². The van der Waals surface area contributed by atoms with Gasteiger partial charge in [0.1, 0.15) is 24.4 Å². The highest BCUT2D eigenvalue weighted by Crippen LogP contribution is 2.23. The van der Waals surface area contributed by atoms with E-state index in [0.29, 0.717) is 19.4 Å². The van der Waals surface area contributed by atoms with E-state index in [1.54, 1.807) is 6.08 Å². The molecule has 1 rings (SSSR count). The zero-order valence-electron chi connectivity index (χ0n) is 43.6. The van der Waals surface area contributed by atoms with Gasteiger partial charge in [-0.3, -0.25) is 9.59 Å². The minimum absolute atomic E-state index is 0.0293. The van der Waals surface area contributed by atoms with Gasteiger partial charge in [0.25, 0.3) is 0 Å². The molecule has 1 aliphatic rings. The third-order valence-electron chi connectivity index (χ3n) is 13.2. The normalized spacial score (nSPS) is 19.7. The zero-order valence-corrected chi connectivity index (χ0v) is 43.6. The van der Waals surface area contributed by atoms with Gasteiger partial charge in [-0.2, -0.15) is 0 Å². The number of hydrogen-bond acceptors (Lipinski definition) is 10. The Kier molecular flexibility index (Phi) is 44.4. The molecule has 11 nitrogen and oxygen atoms in total. The summed E-state index contributed by atoms with van der Waals surface area (Å²) in [6.07, 6.45) is 46.6. The maximum atomic E-state index is 13.0. The predicted molar refractivity (Wildman–Crippen MR) is 278 cm³/mol. The van der Waals surface area contributed by atoms with Gasteiger partial charge in [-0.05, 0) is 64.2 Å². The van der Waals surface area contributed by atoms with Gasteiger partial charge >= 0.3 is 5.97 Å². The number of hydrogen-bond donors (Lipinski definition) is 6. The fourth-order valence-corrected chi connectivity index (χ4v) is 8.70. The van der Waals surface area contributed by atoms with Gasteiger partial charge in [-0.25, -0.2) is 0 Å². The number of esters is 1. The highest BCUT2D eigenvalue weighted by Gasteiger charge is 2.44. The van der Waals surface area contributed by atoms with Gasteiger partial charge < -0.3 is 45.1 Å². The van der Waals surface area contributed by atoms with Crippen LogP contribution in [0.3, 0.4) is 0 Å². The fraction of sp³-hybridized carbons (Fsp3) is 0.860. The van der Waals surface area contributed by atoms with Crippen LogP contribution in [0, 0.1) is 0 Å². The van der Waals surface area contributed by atoms with Gasteiger partial charge in [0.2, 0.25) is 5.91 Å². The number of carbonyl (C=O) groups excluding carboxylic acids is 2. The second-order valence-corrected chi connectivity index (χ2v) is 19.6. The number of amides is 1. The molecule has 0 bridgehead atoms. The maximum absolute atomic E-state index is 13.0. The molecule has 0 radical (unpaired) electrons. The molecule has 0 aromatic carbocycles. The average Bonchev–Trinajstić information content (AvgIpc) is 3.33. The molecule has 1 aliphatic heterocycles. The van der Waals surface area contributed by atoms with E-state index in [1.807, 2.05) is 6.08 Å². The molecule has 0 aromatic heterocycles. The number of unbranched alkanes of at least 4 members (excludes halogenated alkanes) is 30. The molecule has 0 aromatic rings. The Hall–Kier alpha value is -2.12. The predicted octanol–water partition coefficient (Wildman–Crippen LogP) is 12.3. The molecule has 0 saturated carbocycles. The second kappa shape index (κ2) is 47.2. The van der Waals surface area contributed by atoms with Crippen LogP contribution in [0.4, 0.5) is 0 Å². The molecule has 1 saturated heterocycles. The van der Waals surface area contributed by atoms with Crippen molar-refractivity contribution in [2.45, 2.75) is 294 Å². The SMILES string of the molecule is CCCCC/C=C\C/C=C\CCCCCCCC(=O)OCCCCCCCCCCCCCCCCCCC(=O)NC(COC1OC(CO)C(O)C(O)C1O)C(O)/C=C/CCCCCCCCC. The maximum Gasteiger partial charge on any atom is 0.305 e. The molecule has 398 valence electrons. The largest absolute Gasteiger partial charge is 0.466 e. The van der Waals surface area contributed by atoms with Crippen LogP contribution in [0.1, 0.15) is 251 Å². The Morgan fingerprint density at radius 1 is 0.544 bits per heavy atom. The van der Waals surface area contributed by atoms with Crippen LogP contribution >= 0.6 is 0 Å². The Balaban J connectivity index is 2.05. The molecule has 7 unspecified atom stereocenters.